The molecule has 4 rings (SSSR count). The van der Waals surface area contributed by atoms with Gasteiger partial charge in [0, 0.05) is 11.3 Å². The molecule has 0 radical (unpaired) electrons. The number of carbonyl (C=O) groups excluding carboxylic acids is 1. The Kier molecular flexibility index (Phi) is 2.85. The Morgan fingerprint density at radius 2 is 1.95 bits per heavy atom. The van der Waals surface area contributed by atoms with E-state index >= 15 is 0 Å². The Balaban J connectivity index is 1.61. The van der Waals surface area contributed by atoms with Crippen LogP contribution in [0.3, 0.4) is 0 Å². The fourth-order valence-electron chi connectivity index (χ4n) is 2.95. The van der Waals surface area contributed by atoms with Crippen molar-refractivity contribution in [1.29, 1.82) is 0 Å². The third kappa shape index (κ3) is 2.20. The molecule has 0 bridgehead atoms. The molecule has 1 amide bonds. The molecule has 0 fully saturated rings. The van der Waals surface area contributed by atoms with Crippen molar-refractivity contribution in [2.45, 2.75) is 19.3 Å². The van der Waals surface area contributed by atoms with Gasteiger partial charge in [0.1, 0.15) is 0 Å². The third-order valence-electron chi connectivity index (χ3n) is 4.04. The molecule has 5 nitrogen and oxygen atoms in total. The van der Waals surface area contributed by atoms with E-state index < -0.39 is 5.76 Å². The number of fused-ring (bicyclic) bond motifs is 2. The molecule has 5 heteroatoms. The minimum absolute atomic E-state index is 0.153. The van der Waals surface area contributed by atoms with Crippen molar-refractivity contribution in [3.63, 3.8) is 0 Å². The SMILES string of the molecule is O=C(Nc1ccc2oc(=O)[nH]c2c1)c1ccc2c(c1)CCC2. The Labute approximate surface area is 126 Å². The van der Waals surface area contributed by atoms with Crippen LogP contribution in [0.2, 0.25) is 0 Å². The molecule has 0 unspecified atom stereocenters. The minimum Gasteiger partial charge on any atom is -0.408 e. The number of H-pyrrole nitrogens is 1. The lowest BCUT2D eigenvalue weighted by atomic mass is 10.1. The molecule has 22 heavy (non-hydrogen) atoms. The van der Waals surface area contributed by atoms with Crippen molar-refractivity contribution in [3.8, 4) is 0 Å². The van der Waals surface area contributed by atoms with Gasteiger partial charge in [-0.1, -0.05) is 6.07 Å². The predicted molar refractivity (Wildman–Crippen MR) is 83.3 cm³/mol. The van der Waals surface area contributed by atoms with Crippen LogP contribution in [-0.2, 0) is 12.8 Å². The maximum absolute atomic E-state index is 12.3. The number of benzene rings is 2. The van der Waals surface area contributed by atoms with Crippen LogP contribution in [0.4, 0.5) is 5.69 Å². The summed E-state index contributed by atoms with van der Waals surface area (Å²) in [5, 5.41) is 2.85. The molecule has 0 saturated heterocycles. The van der Waals surface area contributed by atoms with E-state index in [1.54, 1.807) is 18.2 Å². The molecular weight excluding hydrogens is 280 g/mol. The normalized spacial score (nSPS) is 13.3. The zero-order valence-electron chi connectivity index (χ0n) is 11.8. The zero-order valence-corrected chi connectivity index (χ0v) is 11.8. The number of anilines is 1. The van der Waals surface area contributed by atoms with Crippen molar-refractivity contribution in [1.82, 2.24) is 4.98 Å². The van der Waals surface area contributed by atoms with Gasteiger partial charge in [0.25, 0.3) is 5.91 Å². The smallest absolute Gasteiger partial charge is 0.408 e. The van der Waals surface area contributed by atoms with Crippen LogP contribution in [0.5, 0.6) is 0 Å². The fourth-order valence-corrected chi connectivity index (χ4v) is 2.95. The van der Waals surface area contributed by atoms with E-state index in [-0.39, 0.29) is 5.91 Å². The first-order chi connectivity index (χ1) is 10.7. The van der Waals surface area contributed by atoms with Gasteiger partial charge in [0.15, 0.2) is 5.58 Å². The molecule has 2 N–H and O–H groups in total. The lowest BCUT2D eigenvalue weighted by Crippen LogP contribution is -2.12. The summed E-state index contributed by atoms with van der Waals surface area (Å²) in [6.45, 7) is 0. The average molecular weight is 294 g/mol. The number of aromatic amines is 1. The van der Waals surface area contributed by atoms with Crippen LogP contribution < -0.4 is 11.1 Å². The standard InChI is InChI=1S/C17H14N2O3/c20-16(12-5-4-10-2-1-3-11(10)8-12)18-13-6-7-15-14(9-13)19-17(21)22-15/h4-9H,1-3H2,(H,18,20)(H,19,21). The maximum atomic E-state index is 12.3. The van der Waals surface area contributed by atoms with Gasteiger partial charge >= 0.3 is 5.76 Å². The summed E-state index contributed by atoms with van der Waals surface area (Å²) in [4.78, 5) is 26.1. The number of rotatable bonds is 2. The van der Waals surface area contributed by atoms with Gasteiger partial charge in [-0.2, -0.15) is 0 Å². The van der Waals surface area contributed by atoms with Crippen LogP contribution in [-0.4, -0.2) is 10.9 Å². The first-order valence-corrected chi connectivity index (χ1v) is 7.25. The van der Waals surface area contributed by atoms with Crippen molar-refractivity contribution in [2.75, 3.05) is 5.32 Å². The molecule has 2 aromatic carbocycles. The molecule has 1 aromatic heterocycles. The topological polar surface area (TPSA) is 75.1 Å². The first-order valence-electron chi connectivity index (χ1n) is 7.25. The monoisotopic (exact) mass is 294 g/mol. The van der Waals surface area contributed by atoms with E-state index in [1.807, 2.05) is 18.2 Å². The summed E-state index contributed by atoms with van der Waals surface area (Å²) < 4.78 is 4.94. The number of hydrogen-bond donors (Lipinski definition) is 2. The second-order valence-electron chi connectivity index (χ2n) is 5.52. The third-order valence-corrected chi connectivity index (χ3v) is 4.04. The number of hydrogen-bond acceptors (Lipinski definition) is 3. The zero-order chi connectivity index (χ0) is 15.1. The summed E-state index contributed by atoms with van der Waals surface area (Å²) in [5.41, 5.74) is 4.92. The van der Waals surface area contributed by atoms with Gasteiger partial charge < -0.3 is 9.73 Å². The summed E-state index contributed by atoms with van der Waals surface area (Å²) in [7, 11) is 0. The fraction of sp³-hybridized carbons (Fsp3) is 0.176. The van der Waals surface area contributed by atoms with Crippen molar-refractivity contribution in [3.05, 3.63) is 63.6 Å². The van der Waals surface area contributed by atoms with Gasteiger partial charge in [-0.05, 0) is 60.7 Å². The van der Waals surface area contributed by atoms with Gasteiger partial charge in [0.05, 0.1) is 5.52 Å². The number of aryl methyl sites for hydroxylation is 2. The summed E-state index contributed by atoms with van der Waals surface area (Å²) >= 11 is 0. The molecule has 1 aliphatic rings. The summed E-state index contributed by atoms with van der Waals surface area (Å²) in [6.07, 6.45) is 3.30. The van der Waals surface area contributed by atoms with Gasteiger partial charge in [-0.15, -0.1) is 0 Å². The highest BCUT2D eigenvalue weighted by molar-refractivity contribution is 6.05. The molecule has 0 atom stereocenters. The lowest BCUT2D eigenvalue weighted by Gasteiger charge is -2.07. The van der Waals surface area contributed by atoms with E-state index in [1.165, 1.54) is 11.1 Å². The Morgan fingerprint density at radius 1 is 1.09 bits per heavy atom. The molecule has 0 spiro atoms. The molecule has 1 heterocycles. The van der Waals surface area contributed by atoms with E-state index in [4.69, 9.17) is 4.42 Å². The van der Waals surface area contributed by atoms with Crippen LogP contribution in [0.1, 0.15) is 27.9 Å². The van der Waals surface area contributed by atoms with E-state index in [2.05, 4.69) is 10.3 Å². The summed E-state index contributed by atoms with van der Waals surface area (Å²) in [5.74, 6) is -0.656. The molecule has 1 aliphatic carbocycles. The van der Waals surface area contributed by atoms with Crippen LogP contribution in [0.15, 0.2) is 45.6 Å². The highest BCUT2D eigenvalue weighted by atomic mass is 16.4. The first kappa shape index (κ1) is 12.9. The Morgan fingerprint density at radius 3 is 2.86 bits per heavy atom. The van der Waals surface area contributed by atoms with Gasteiger partial charge in [0.2, 0.25) is 0 Å². The second kappa shape index (κ2) is 4.87. The minimum atomic E-state index is -0.503. The van der Waals surface area contributed by atoms with E-state index in [0.29, 0.717) is 22.4 Å². The number of aromatic nitrogens is 1. The number of amides is 1. The largest absolute Gasteiger partial charge is 0.417 e. The highest BCUT2D eigenvalue weighted by Crippen LogP contribution is 2.23. The lowest BCUT2D eigenvalue weighted by molar-refractivity contribution is 0.102. The van der Waals surface area contributed by atoms with Crippen LogP contribution >= 0.6 is 0 Å². The Bertz CT molecular complexity index is 936. The Hall–Kier alpha value is -2.82. The second-order valence-corrected chi connectivity index (χ2v) is 5.52. The van der Waals surface area contributed by atoms with E-state index in [0.717, 1.165) is 19.3 Å². The molecule has 0 saturated carbocycles. The predicted octanol–water partition coefficient (Wildman–Crippen LogP) is 2.86. The molecule has 110 valence electrons. The highest BCUT2D eigenvalue weighted by Gasteiger charge is 2.14. The maximum Gasteiger partial charge on any atom is 0.417 e. The van der Waals surface area contributed by atoms with Gasteiger partial charge in [-0.3, -0.25) is 9.78 Å². The summed E-state index contributed by atoms with van der Waals surface area (Å²) in [6, 6.07) is 10.9. The molecular formula is C17H14N2O3. The van der Waals surface area contributed by atoms with Crippen LogP contribution in [0, 0.1) is 0 Å². The average Bonchev–Trinajstić information content (AvgIpc) is 3.10. The quantitative estimate of drug-likeness (QED) is 0.763. The molecule has 0 aliphatic heterocycles. The van der Waals surface area contributed by atoms with E-state index in [9.17, 15) is 9.59 Å². The molecule has 3 aromatic rings. The van der Waals surface area contributed by atoms with Crippen LogP contribution in [0.25, 0.3) is 11.1 Å². The number of nitrogens with one attached hydrogen (secondary N) is 2. The number of oxazole rings is 1. The number of carbonyl (C=O) groups is 1. The van der Waals surface area contributed by atoms with Gasteiger partial charge in [-0.25, -0.2) is 4.79 Å². The van der Waals surface area contributed by atoms with Crippen molar-refractivity contribution >= 4 is 22.7 Å². The van der Waals surface area contributed by atoms with Crippen molar-refractivity contribution in [2.24, 2.45) is 0 Å². The van der Waals surface area contributed by atoms with Crippen molar-refractivity contribution < 1.29 is 9.21 Å².